The van der Waals surface area contributed by atoms with E-state index in [2.05, 4.69) is 43.1 Å². The summed E-state index contributed by atoms with van der Waals surface area (Å²) in [4.78, 5) is 14.6. The summed E-state index contributed by atoms with van der Waals surface area (Å²) < 4.78 is 11.0. The number of ether oxygens (including phenoxy) is 1. The zero-order valence-electron chi connectivity index (χ0n) is 15.4. The van der Waals surface area contributed by atoms with E-state index in [9.17, 15) is 4.79 Å². The van der Waals surface area contributed by atoms with Gasteiger partial charge in [0.05, 0.1) is 25.9 Å². The standard InChI is InChI=1S/C20H28N2O3/c1-14(2)17-12-18-16(13-25-19(18)10-15(17)3)11-20(23)21-4-5-22-6-8-24-9-7-22/h10,12-14H,4-9,11H2,1-3H3,(H,21,23). The Labute approximate surface area is 149 Å². The van der Waals surface area contributed by atoms with E-state index >= 15 is 0 Å². The summed E-state index contributed by atoms with van der Waals surface area (Å²) in [6.45, 7) is 11.5. The summed E-state index contributed by atoms with van der Waals surface area (Å²) in [5.41, 5.74) is 4.36. The molecule has 1 saturated heterocycles. The van der Waals surface area contributed by atoms with Crippen molar-refractivity contribution < 1.29 is 13.9 Å². The van der Waals surface area contributed by atoms with E-state index in [4.69, 9.17) is 9.15 Å². The van der Waals surface area contributed by atoms with Crippen LogP contribution in [-0.2, 0) is 16.0 Å². The molecule has 1 aromatic carbocycles. The average molecular weight is 344 g/mol. The maximum atomic E-state index is 12.3. The fraction of sp³-hybridized carbons (Fsp3) is 0.550. The number of morpholine rings is 1. The smallest absolute Gasteiger partial charge is 0.224 e. The van der Waals surface area contributed by atoms with E-state index in [1.165, 1.54) is 11.1 Å². The van der Waals surface area contributed by atoms with Crippen molar-refractivity contribution in [2.45, 2.75) is 33.1 Å². The van der Waals surface area contributed by atoms with Crippen LogP contribution in [0.25, 0.3) is 11.0 Å². The van der Waals surface area contributed by atoms with E-state index in [1.807, 2.05) is 0 Å². The predicted molar refractivity (Wildman–Crippen MR) is 99.0 cm³/mol. The molecule has 2 heterocycles. The molecule has 0 unspecified atom stereocenters. The molecule has 2 aromatic rings. The fourth-order valence-electron chi connectivity index (χ4n) is 3.42. The second-order valence-corrected chi connectivity index (χ2v) is 7.10. The van der Waals surface area contributed by atoms with Crippen molar-refractivity contribution in [3.05, 3.63) is 35.1 Å². The highest BCUT2D eigenvalue weighted by Gasteiger charge is 2.14. The number of benzene rings is 1. The Bertz CT molecular complexity index is 730. The molecule has 1 aromatic heterocycles. The zero-order valence-corrected chi connectivity index (χ0v) is 15.4. The van der Waals surface area contributed by atoms with Crippen molar-refractivity contribution >= 4 is 16.9 Å². The van der Waals surface area contributed by atoms with E-state index in [0.717, 1.165) is 49.4 Å². The van der Waals surface area contributed by atoms with Gasteiger partial charge in [-0.15, -0.1) is 0 Å². The van der Waals surface area contributed by atoms with Crippen LogP contribution in [0.4, 0.5) is 0 Å². The van der Waals surface area contributed by atoms with E-state index < -0.39 is 0 Å². The molecular formula is C20H28N2O3. The summed E-state index contributed by atoms with van der Waals surface area (Å²) in [6.07, 6.45) is 2.08. The molecule has 0 bridgehead atoms. The molecule has 0 aliphatic carbocycles. The number of rotatable bonds is 6. The van der Waals surface area contributed by atoms with Gasteiger partial charge in [0.2, 0.25) is 5.91 Å². The maximum Gasteiger partial charge on any atom is 0.224 e. The molecule has 1 fully saturated rings. The first-order chi connectivity index (χ1) is 12.0. The number of hydrogen-bond acceptors (Lipinski definition) is 4. The Morgan fingerprint density at radius 1 is 1.28 bits per heavy atom. The Hall–Kier alpha value is -1.85. The van der Waals surface area contributed by atoms with Gasteiger partial charge in [0.15, 0.2) is 0 Å². The number of amides is 1. The van der Waals surface area contributed by atoms with Gasteiger partial charge >= 0.3 is 0 Å². The van der Waals surface area contributed by atoms with Crippen molar-refractivity contribution in [3.63, 3.8) is 0 Å². The summed E-state index contributed by atoms with van der Waals surface area (Å²) in [5, 5.41) is 4.07. The normalized spacial score (nSPS) is 15.8. The number of nitrogens with zero attached hydrogens (tertiary/aromatic N) is 1. The van der Waals surface area contributed by atoms with Gasteiger partial charge in [-0.3, -0.25) is 9.69 Å². The molecule has 136 valence electrons. The first-order valence-corrected chi connectivity index (χ1v) is 9.12. The number of hydrogen-bond donors (Lipinski definition) is 1. The molecule has 0 radical (unpaired) electrons. The highest BCUT2D eigenvalue weighted by atomic mass is 16.5. The number of carbonyl (C=O) groups is 1. The monoisotopic (exact) mass is 344 g/mol. The lowest BCUT2D eigenvalue weighted by atomic mass is 9.95. The van der Waals surface area contributed by atoms with Crippen LogP contribution < -0.4 is 5.32 Å². The third kappa shape index (κ3) is 4.41. The van der Waals surface area contributed by atoms with Crippen LogP contribution in [0.5, 0.6) is 0 Å². The largest absolute Gasteiger partial charge is 0.464 e. The SMILES string of the molecule is Cc1cc2occ(CC(=O)NCCN3CCOCC3)c2cc1C(C)C. The van der Waals surface area contributed by atoms with Crippen molar-refractivity contribution in [1.82, 2.24) is 10.2 Å². The highest BCUT2D eigenvalue weighted by Crippen LogP contribution is 2.29. The van der Waals surface area contributed by atoms with E-state index in [1.54, 1.807) is 6.26 Å². The van der Waals surface area contributed by atoms with Gasteiger partial charge in [-0.1, -0.05) is 13.8 Å². The molecular weight excluding hydrogens is 316 g/mol. The van der Waals surface area contributed by atoms with Gasteiger partial charge in [-0.05, 0) is 36.1 Å². The molecule has 3 rings (SSSR count). The van der Waals surface area contributed by atoms with E-state index in [-0.39, 0.29) is 5.91 Å². The van der Waals surface area contributed by atoms with Gasteiger partial charge < -0.3 is 14.5 Å². The zero-order chi connectivity index (χ0) is 17.8. The number of furan rings is 1. The third-order valence-electron chi connectivity index (χ3n) is 4.87. The molecule has 5 heteroatoms. The lowest BCUT2D eigenvalue weighted by Crippen LogP contribution is -2.41. The van der Waals surface area contributed by atoms with Crippen LogP contribution in [0, 0.1) is 6.92 Å². The fourth-order valence-corrected chi connectivity index (χ4v) is 3.42. The number of aryl methyl sites for hydroxylation is 1. The average Bonchev–Trinajstić information content (AvgIpc) is 2.96. The Balaban J connectivity index is 1.60. The lowest BCUT2D eigenvalue weighted by molar-refractivity contribution is -0.120. The van der Waals surface area contributed by atoms with Gasteiger partial charge in [-0.2, -0.15) is 0 Å². The molecule has 1 aliphatic rings. The van der Waals surface area contributed by atoms with Crippen LogP contribution in [0.3, 0.4) is 0 Å². The van der Waals surface area contributed by atoms with Crippen molar-refractivity contribution in [2.24, 2.45) is 0 Å². The summed E-state index contributed by atoms with van der Waals surface area (Å²) >= 11 is 0. The number of fused-ring (bicyclic) bond motifs is 1. The molecule has 5 nitrogen and oxygen atoms in total. The first kappa shape index (κ1) is 18.0. The number of nitrogens with one attached hydrogen (secondary N) is 1. The summed E-state index contributed by atoms with van der Waals surface area (Å²) in [7, 11) is 0. The number of carbonyl (C=O) groups excluding carboxylic acids is 1. The molecule has 25 heavy (non-hydrogen) atoms. The molecule has 1 aliphatic heterocycles. The van der Waals surface area contributed by atoms with Crippen LogP contribution in [-0.4, -0.2) is 50.2 Å². The summed E-state index contributed by atoms with van der Waals surface area (Å²) in [6, 6.07) is 4.25. The maximum absolute atomic E-state index is 12.3. The first-order valence-electron chi connectivity index (χ1n) is 9.12. The van der Waals surface area contributed by atoms with E-state index in [0.29, 0.717) is 18.9 Å². The molecule has 0 saturated carbocycles. The summed E-state index contributed by atoms with van der Waals surface area (Å²) in [5.74, 6) is 0.497. The quantitative estimate of drug-likeness (QED) is 0.875. The second-order valence-electron chi connectivity index (χ2n) is 7.10. The Kier molecular flexibility index (Phi) is 5.76. The molecule has 1 amide bonds. The van der Waals surface area contributed by atoms with Crippen LogP contribution in [0.15, 0.2) is 22.8 Å². The predicted octanol–water partition coefficient (Wildman–Crippen LogP) is 2.86. The Morgan fingerprint density at radius 3 is 2.76 bits per heavy atom. The topological polar surface area (TPSA) is 54.7 Å². The van der Waals surface area contributed by atoms with Crippen molar-refractivity contribution in [1.29, 1.82) is 0 Å². The van der Waals surface area contributed by atoms with Crippen molar-refractivity contribution in [3.8, 4) is 0 Å². The second kappa shape index (κ2) is 8.02. The third-order valence-corrected chi connectivity index (χ3v) is 4.87. The minimum absolute atomic E-state index is 0.0441. The van der Waals surface area contributed by atoms with Crippen LogP contribution in [0.2, 0.25) is 0 Å². The highest BCUT2D eigenvalue weighted by molar-refractivity contribution is 5.88. The minimum Gasteiger partial charge on any atom is -0.464 e. The van der Waals surface area contributed by atoms with Gasteiger partial charge in [-0.25, -0.2) is 0 Å². The van der Waals surface area contributed by atoms with Gasteiger partial charge in [0.1, 0.15) is 5.58 Å². The molecule has 1 N–H and O–H groups in total. The Morgan fingerprint density at radius 2 is 2.04 bits per heavy atom. The van der Waals surface area contributed by atoms with Gasteiger partial charge in [0, 0.05) is 37.1 Å². The van der Waals surface area contributed by atoms with Crippen molar-refractivity contribution in [2.75, 3.05) is 39.4 Å². The molecule has 0 atom stereocenters. The molecule has 0 spiro atoms. The van der Waals surface area contributed by atoms with Crippen LogP contribution in [0.1, 0.15) is 36.5 Å². The van der Waals surface area contributed by atoms with Gasteiger partial charge in [0.25, 0.3) is 0 Å². The van der Waals surface area contributed by atoms with Crippen LogP contribution >= 0.6 is 0 Å². The lowest BCUT2D eigenvalue weighted by Gasteiger charge is -2.26. The minimum atomic E-state index is 0.0441.